The average Bonchev–Trinajstić information content (AvgIpc) is 3.88. The van der Waals surface area contributed by atoms with Crippen LogP contribution in [0, 0.1) is 0 Å². The number of aromatic nitrogens is 1. The summed E-state index contributed by atoms with van der Waals surface area (Å²) in [4.78, 5) is 7.29. The molecule has 8 aromatic carbocycles. The molecule has 0 bridgehead atoms. The number of thiophene rings is 1. The highest BCUT2D eigenvalue weighted by atomic mass is 32.1. The minimum Gasteiger partial charge on any atom is -0.456 e. The zero-order chi connectivity index (χ0) is 32.8. The van der Waals surface area contributed by atoms with Gasteiger partial charge in [0.15, 0.2) is 5.58 Å². The van der Waals surface area contributed by atoms with Crippen molar-refractivity contribution in [2.24, 2.45) is 0 Å². The number of anilines is 3. The zero-order valence-corrected chi connectivity index (χ0v) is 27.4. The SMILES string of the molecule is c1ccc(N(c2ccc3c(c2)oc2cccc(-c4nc5ccc6ccccc6c5o4)c23)c2cccc3c2sc2cc4ccccc4cc23)cc1. The van der Waals surface area contributed by atoms with E-state index < -0.39 is 0 Å². The predicted octanol–water partition coefficient (Wildman–Crippen LogP) is 13.5. The van der Waals surface area contributed by atoms with Crippen LogP contribution in [-0.4, -0.2) is 4.98 Å². The first-order valence-electron chi connectivity index (χ1n) is 16.7. The van der Waals surface area contributed by atoms with E-state index in [9.17, 15) is 0 Å². The molecular formula is C45H26N2O2S. The summed E-state index contributed by atoms with van der Waals surface area (Å²) in [7, 11) is 0. The minimum atomic E-state index is 0.587. The molecule has 0 amide bonds. The molecule has 11 aromatic rings. The predicted molar refractivity (Wildman–Crippen MR) is 209 cm³/mol. The van der Waals surface area contributed by atoms with Crippen molar-refractivity contribution in [1.29, 1.82) is 0 Å². The fourth-order valence-electron chi connectivity index (χ4n) is 7.55. The molecular weight excluding hydrogens is 633 g/mol. The van der Waals surface area contributed by atoms with E-state index in [0.29, 0.717) is 5.89 Å². The minimum absolute atomic E-state index is 0.587. The van der Waals surface area contributed by atoms with Crippen LogP contribution < -0.4 is 4.90 Å². The number of hydrogen-bond acceptors (Lipinski definition) is 5. The third-order valence-electron chi connectivity index (χ3n) is 9.85. The molecule has 3 aromatic heterocycles. The van der Waals surface area contributed by atoms with E-state index in [1.165, 1.54) is 30.9 Å². The summed E-state index contributed by atoms with van der Waals surface area (Å²) in [5.74, 6) is 0.587. The van der Waals surface area contributed by atoms with E-state index in [1.807, 2.05) is 41.7 Å². The Kier molecular flexibility index (Phi) is 5.80. The Hall–Kier alpha value is -6.43. The second kappa shape index (κ2) is 10.5. The van der Waals surface area contributed by atoms with Gasteiger partial charge in [0.05, 0.1) is 10.4 Å². The van der Waals surface area contributed by atoms with Gasteiger partial charge in [0.1, 0.15) is 16.7 Å². The van der Waals surface area contributed by atoms with Crippen molar-refractivity contribution in [1.82, 2.24) is 4.98 Å². The number of rotatable bonds is 4. The smallest absolute Gasteiger partial charge is 0.228 e. The van der Waals surface area contributed by atoms with E-state index in [0.717, 1.165) is 66.4 Å². The molecule has 0 atom stereocenters. The largest absolute Gasteiger partial charge is 0.456 e. The molecule has 0 aliphatic carbocycles. The van der Waals surface area contributed by atoms with Crippen LogP contribution in [-0.2, 0) is 0 Å². The second-order valence-electron chi connectivity index (χ2n) is 12.7. The van der Waals surface area contributed by atoms with Crippen LogP contribution >= 0.6 is 11.3 Å². The first-order chi connectivity index (χ1) is 24.8. The van der Waals surface area contributed by atoms with E-state index in [1.54, 1.807) is 0 Å². The topological polar surface area (TPSA) is 42.4 Å². The third-order valence-corrected chi connectivity index (χ3v) is 11.0. The molecule has 0 saturated heterocycles. The number of furan rings is 1. The molecule has 0 unspecified atom stereocenters. The Bertz CT molecular complexity index is 3120. The second-order valence-corrected chi connectivity index (χ2v) is 13.8. The van der Waals surface area contributed by atoms with Crippen molar-refractivity contribution in [2.45, 2.75) is 0 Å². The molecule has 50 heavy (non-hydrogen) atoms. The van der Waals surface area contributed by atoms with Crippen molar-refractivity contribution in [3.63, 3.8) is 0 Å². The van der Waals surface area contributed by atoms with Crippen LogP contribution in [0.15, 0.2) is 167 Å². The summed E-state index contributed by atoms with van der Waals surface area (Å²) in [5.41, 5.74) is 7.39. The van der Waals surface area contributed by atoms with Gasteiger partial charge in [0, 0.05) is 54.6 Å². The normalized spacial score (nSPS) is 12.0. The third kappa shape index (κ3) is 4.08. The molecule has 0 N–H and O–H groups in total. The summed E-state index contributed by atoms with van der Waals surface area (Å²) in [5, 5.41) is 9.26. The Morgan fingerprint density at radius 3 is 2.18 bits per heavy atom. The lowest BCUT2D eigenvalue weighted by Crippen LogP contribution is -2.09. The van der Waals surface area contributed by atoms with Gasteiger partial charge in [-0.1, -0.05) is 91.0 Å². The average molecular weight is 659 g/mol. The standard InChI is InChI=1S/C45H26N2O2S/c1-2-13-30(14-3-1)47(38-18-8-16-33-36-24-28-11-4-5-12-29(28)25-41(36)50-44(33)38)31-21-22-34-40(26-31)48-39-19-9-17-35(42(34)39)45-46-37-23-20-27-10-6-7-15-32(27)43(37)49-45/h1-26H. The van der Waals surface area contributed by atoms with Gasteiger partial charge in [-0.2, -0.15) is 0 Å². The molecule has 0 aliphatic heterocycles. The molecule has 3 heterocycles. The first-order valence-corrected chi connectivity index (χ1v) is 17.5. The van der Waals surface area contributed by atoms with Gasteiger partial charge in [0.25, 0.3) is 0 Å². The number of benzene rings is 8. The van der Waals surface area contributed by atoms with Gasteiger partial charge in [-0.25, -0.2) is 4.98 Å². The van der Waals surface area contributed by atoms with Crippen LogP contribution in [0.5, 0.6) is 0 Å². The van der Waals surface area contributed by atoms with Gasteiger partial charge < -0.3 is 13.7 Å². The van der Waals surface area contributed by atoms with Crippen LogP contribution in [0.4, 0.5) is 17.1 Å². The van der Waals surface area contributed by atoms with E-state index in [2.05, 4.69) is 132 Å². The van der Waals surface area contributed by atoms with Crippen LogP contribution in [0.2, 0.25) is 0 Å². The highest BCUT2D eigenvalue weighted by molar-refractivity contribution is 7.26. The van der Waals surface area contributed by atoms with Gasteiger partial charge in [-0.15, -0.1) is 11.3 Å². The summed E-state index contributed by atoms with van der Waals surface area (Å²) >= 11 is 1.85. The molecule has 0 spiro atoms. The van der Waals surface area contributed by atoms with Gasteiger partial charge >= 0.3 is 0 Å². The van der Waals surface area contributed by atoms with Crippen molar-refractivity contribution < 1.29 is 8.83 Å². The van der Waals surface area contributed by atoms with Gasteiger partial charge in [-0.3, -0.25) is 0 Å². The Morgan fingerprint density at radius 2 is 1.28 bits per heavy atom. The highest BCUT2D eigenvalue weighted by Gasteiger charge is 2.22. The molecule has 0 saturated carbocycles. The molecule has 5 heteroatoms. The number of hydrogen-bond donors (Lipinski definition) is 0. The van der Waals surface area contributed by atoms with Gasteiger partial charge in [-0.05, 0) is 76.8 Å². The maximum absolute atomic E-state index is 6.61. The lowest BCUT2D eigenvalue weighted by atomic mass is 10.0. The van der Waals surface area contributed by atoms with E-state index >= 15 is 0 Å². The maximum Gasteiger partial charge on any atom is 0.228 e. The summed E-state index contributed by atoms with van der Waals surface area (Å²) < 4.78 is 15.6. The molecule has 0 radical (unpaired) electrons. The number of para-hydroxylation sites is 1. The maximum atomic E-state index is 6.61. The number of oxazole rings is 1. The molecule has 0 aliphatic rings. The fourth-order valence-corrected chi connectivity index (χ4v) is 8.79. The van der Waals surface area contributed by atoms with Crippen molar-refractivity contribution >= 4 is 103 Å². The van der Waals surface area contributed by atoms with Crippen LogP contribution in [0.1, 0.15) is 0 Å². The summed E-state index contributed by atoms with van der Waals surface area (Å²) in [6.45, 7) is 0. The van der Waals surface area contributed by atoms with Crippen molar-refractivity contribution in [2.75, 3.05) is 4.90 Å². The monoisotopic (exact) mass is 658 g/mol. The van der Waals surface area contributed by atoms with Gasteiger partial charge in [0.2, 0.25) is 5.89 Å². The molecule has 11 rings (SSSR count). The summed E-state index contributed by atoms with van der Waals surface area (Å²) in [6, 6.07) is 55.5. The lowest BCUT2D eigenvalue weighted by Gasteiger charge is -2.26. The first kappa shape index (κ1) is 27.5. The Balaban J connectivity index is 1.10. The van der Waals surface area contributed by atoms with E-state index in [-0.39, 0.29) is 0 Å². The molecule has 234 valence electrons. The van der Waals surface area contributed by atoms with Crippen LogP contribution in [0.25, 0.3) is 86.2 Å². The number of fused-ring (bicyclic) bond motifs is 10. The molecule has 0 fully saturated rings. The zero-order valence-electron chi connectivity index (χ0n) is 26.6. The quantitative estimate of drug-likeness (QED) is 0.189. The Labute approximate surface area is 290 Å². The number of nitrogens with zero attached hydrogens (tertiary/aromatic N) is 2. The van der Waals surface area contributed by atoms with Crippen LogP contribution in [0.3, 0.4) is 0 Å². The lowest BCUT2D eigenvalue weighted by molar-refractivity contribution is 0.623. The highest BCUT2D eigenvalue weighted by Crippen LogP contribution is 2.47. The Morgan fingerprint density at radius 1 is 0.500 bits per heavy atom. The molecule has 4 nitrogen and oxygen atoms in total. The van der Waals surface area contributed by atoms with Crippen molar-refractivity contribution in [3.8, 4) is 11.5 Å². The van der Waals surface area contributed by atoms with Crippen molar-refractivity contribution in [3.05, 3.63) is 158 Å². The fraction of sp³-hybridized carbons (Fsp3) is 0. The van der Waals surface area contributed by atoms with E-state index in [4.69, 9.17) is 13.8 Å². The summed E-state index contributed by atoms with van der Waals surface area (Å²) in [6.07, 6.45) is 0.